The Bertz CT molecular complexity index is 717. The Morgan fingerprint density at radius 3 is 2.48 bits per heavy atom. The van der Waals surface area contributed by atoms with Crippen LogP contribution in [0.25, 0.3) is 0 Å². The van der Waals surface area contributed by atoms with Crippen LogP contribution in [0.1, 0.15) is 54.4 Å². The molecular formula is C17H22N2O5S. The third kappa shape index (κ3) is 4.45. The number of aliphatic hydroxyl groups excluding tert-OH is 1. The predicted octanol–water partition coefficient (Wildman–Crippen LogP) is 4.24. The van der Waals surface area contributed by atoms with E-state index in [9.17, 15) is 14.7 Å². The van der Waals surface area contributed by atoms with Crippen molar-refractivity contribution in [2.45, 2.75) is 46.5 Å². The maximum absolute atomic E-state index is 12.3. The number of hydrogen-bond donors (Lipinski definition) is 1. The summed E-state index contributed by atoms with van der Waals surface area (Å²) < 4.78 is 10.00. The van der Waals surface area contributed by atoms with Crippen LogP contribution in [-0.2, 0) is 27.1 Å². The van der Waals surface area contributed by atoms with Crippen LogP contribution in [0.4, 0.5) is 5.00 Å². The third-order valence-corrected chi connectivity index (χ3v) is 4.86. The summed E-state index contributed by atoms with van der Waals surface area (Å²) in [5.41, 5.74) is 1.11. The van der Waals surface area contributed by atoms with E-state index in [-0.39, 0.29) is 24.7 Å². The smallest absolute Gasteiger partial charge is 0.362 e. The van der Waals surface area contributed by atoms with Gasteiger partial charge in [0.15, 0.2) is 5.00 Å². The zero-order chi connectivity index (χ0) is 18.4. The summed E-state index contributed by atoms with van der Waals surface area (Å²) in [6, 6.07) is 0. The normalized spacial score (nSPS) is 14.8. The lowest BCUT2D eigenvalue weighted by molar-refractivity contribution is -0.138. The van der Waals surface area contributed by atoms with Gasteiger partial charge in [-0.1, -0.05) is 0 Å². The second kappa shape index (κ2) is 8.75. The van der Waals surface area contributed by atoms with Gasteiger partial charge in [-0.05, 0) is 52.0 Å². The molecule has 0 aromatic carbocycles. The van der Waals surface area contributed by atoms with E-state index in [2.05, 4.69) is 10.2 Å². The lowest BCUT2D eigenvalue weighted by Crippen LogP contribution is -2.09. The highest BCUT2D eigenvalue weighted by atomic mass is 32.1. The van der Waals surface area contributed by atoms with Crippen molar-refractivity contribution >= 4 is 28.3 Å². The second-order valence-electron chi connectivity index (χ2n) is 5.47. The second-order valence-corrected chi connectivity index (χ2v) is 6.55. The molecule has 8 heteroatoms. The van der Waals surface area contributed by atoms with Crippen molar-refractivity contribution in [1.29, 1.82) is 0 Å². The van der Waals surface area contributed by atoms with Gasteiger partial charge >= 0.3 is 11.9 Å². The minimum atomic E-state index is -0.759. The molecule has 0 unspecified atom stereocenters. The molecular weight excluding hydrogens is 344 g/mol. The topological polar surface area (TPSA) is 97.6 Å². The average molecular weight is 366 g/mol. The summed E-state index contributed by atoms with van der Waals surface area (Å²) in [6.45, 7) is 5.16. The molecule has 0 radical (unpaired) electrons. The number of azo groups is 1. The van der Waals surface area contributed by atoms with Gasteiger partial charge in [0.1, 0.15) is 11.3 Å². The van der Waals surface area contributed by atoms with Crippen LogP contribution >= 0.6 is 11.3 Å². The Kier molecular flexibility index (Phi) is 6.69. The van der Waals surface area contributed by atoms with Gasteiger partial charge in [0.25, 0.3) is 0 Å². The number of aryl methyl sites for hydroxylation is 1. The number of esters is 2. The molecule has 1 heterocycles. The molecule has 0 saturated heterocycles. The zero-order valence-electron chi connectivity index (χ0n) is 14.6. The fourth-order valence-corrected chi connectivity index (χ4v) is 3.79. The Morgan fingerprint density at radius 2 is 1.84 bits per heavy atom. The lowest BCUT2D eigenvalue weighted by Gasteiger charge is -2.11. The SMILES string of the molecule is CCOC(=O)/C(N=Nc1sc2c(c1C(=O)OCC)CCCC2)=C(/C)O. The molecule has 1 aliphatic rings. The molecule has 0 saturated carbocycles. The molecule has 1 aliphatic carbocycles. The van der Waals surface area contributed by atoms with Gasteiger partial charge in [0.05, 0.1) is 13.2 Å². The molecule has 136 valence electrons. The molecule has 2 rings (SSSR count). The fourth-order valence-electron chi connectivity index (χ4n) is 2.59. The van der Waals surface area contributed by atoms with Crippen molar-refractivity contribution in [2.24, 2.45) is 10.2 Å². The number of ether oxygens (including phenoxy) is 2. The standard InChI is InChI=1S/C17H22N2O5S/c1-4-23-16(21)13-11-8-6-7-9-12(11)25-15(13)19-18-14(10(3)20)17(22)24-5-2/h20H,4-9H2,1-3H3/b14-10+,19-18?. The van der Waals surface area contributed by atoms with Crippen molar-refractivity contribution in [2.75, 3.05) is 13.2 Å². The van der Waals surface area contributed by atoms with Crippen LogP contribution in [0.2, 0.25) is 0 Å². The first-order chi connectivity index (χ1) is 12.0. The molecule has 25 heavy (non-hydrogen) atoms. The van der Waals surface area contributed by atoms with Crippen LogP contribution < -0.4 is 0 Å². The summed E-state index contributed by atoms with van der Waals surface area (Å²) in [6.07, 6.45) is 3.77. The van der Waals surface area contributed by atoms with E-state index in [0.29, 0.717) is 10.6 Å². The summed E-state index contributed by atoms with van der Waals surface area (Å²) >= 11 is 1.38. The maximum atomic E-state index is 12.3. The minimum Gasteiger partial charge on any atom is -0.510 e. The Balaban J connectivity index is 2.41. The van der Waals surface area contributed by atoms with Gasteiger partial charge in [0, 0.05) is 4.88 Å². The summed E-state index contributed by atoms with van der Waals surface area (Å²) in [7, 11) is 0. The monoisotopic (exact) mass is 366 g/mol. The van der Waals surface area contributed by atoms with Crippen molar-refractivity contribution in [3.63, 3.8) is 0 Å². The molecule has 0 amide bonds. The lowest BCUT2D eigenvalue weighted by atomic mass is 9.95. The summed E-state index contributed by atoms with van der Waals surface area (Å²) in [5, 5.41) is 18.0. The van der Waals surface area contributed by atoms with E-state index in [0.717, 1.165) is 36.1 Å². The minimum absolute atomic E-state index is 0.159. The molecule has 1 N–H and O–H groups in total. The maximum Gasteiger partial charge on any atom is 0.362 e. The van der Waals surface area contributed by atoms with Crippen LogP contribution in [0.3, 0.4) is 0 Å². The van der Waals surface area contributed by atoms with Gasteiger partial charge in [-0.2, -0.15) is 0 Å². The number of aliphatic hydroxyl groups is 1. The highest BCUT2D eigenvalue weighted by Gasteiger charge is 2.27. The molecule has 0 atom stereocenters. The summed E-state index contributed by atoms with van der Waals surface area (Å²) in [5.74, 6) is -1.48. The highest BCUT2D eigenvalue weighted by Crippen LogP contribution is 2.40. The van der Waals surface area contributed by atoms with Gasteiger partial charge in [-0.15, -0.1) is 21.6 Å². The van der Waals surface area contributed by atoms with E-state index in [4.69, 9.17) is 9.47 Å². The van der Waals surface area contributed by atoms with Crippen molar-refractivity contribution in [3.8, 4) is 0 Å². The van der Waals surface area contributed by atoms with E-state index in [1.165, 1.54) is 18.3 Å². The van der Waals surface area contributed by atoms with Crippen LogP contribution in [0, 0.1) is 0 Å². The molecule has 1 aromatic heterocycles. The number of carbonyl (C=O) groups is 2. The van der Waals surface area contributed by atoms with Gasteiger partial charge in [0.2, 0.25) is 5.70 Å². The number of nitrogens with zero attached hydrogens (tertiary/aromatic N) is 2. The highest BCUT2D eigenvalue weighted by molar-refractivity contribution is 7.16. The predicted molar refractivity (Wildman–Crippen MR) is 93.4 cm³/mol. The molecule has 0 fully saturated rings. The van der Waals surface area contributed by atoms with Crippen molar-refractivity contribution < 1.29 is 24.2 Å². The average Bonchev–Trinajstić information content (AvgIpc) is 2.93. The number of hydrogen-bond acceptors (Lipinski definition) is 8. The fraction of sp³-hybridized carbons (Fsp3) is 0.529. The first-order valence-electron chi connectivity index (χ1n) is 8.29. The van der Waals surface area contributed by atoms with Crippen molar-refractivity contribution in [1.82, 2.24) is 0 Å². The third-order valence-electron chi connectivity index (χ3n) is 3.68. The number of fused-ring (bicyclic) bond motifs is 1. The van der Waals surface area contributed by atoms with Crippen LogP contribution in [0.5, 0.6) is 0 Å². The molecule has 7 nitrogen and oxygen atoms in total. The van der Waals surface area contributed by atoms with Crippen LogP contribution in [-0.4, -0.2) is 30.3 Å². The van der Waals surface area contributed by atoms with E-state index in [1.54, 1.807) is 13.8 Å². The largest absolute Gasteiger partial charge is 0.510 e. The van der Waals surface area contributed by atoms with E-state index in [1.807, 2.05) is 0 Å². The number of thiophene rings is 1. The zero-order valence-corrected chi connectivity index (χ0v) is 15.4. The Hall–Kier alpha value is -2.22. The van der Waals surface area contributed by atoms with E-state index >= 15 is 0 Å². The number of rotatable bonds is 6. The Morgan fingerprint density at radius 1 is 1.16 bits per heavy atom. The molecule has 0 bridgehead atoms. The number of allylic oxidation sites excluding steroid dienone is 1. The first kappa shape index (κ1) is 19.1. The molecule has 0 spiro atoms. The molecule has 0 aliphatic heterocycles. The van der Waals surface area contributed by atoms with Crippen LogP contribution in [0.15, 0.2) is 21.7 Å². The van der Waals surface area contributed by atoms with Gasteiger partial charge in [-0.3, -0.25) is 0 Å². The Labute approximate surface area is 150 Å². The number of carbonyl (C=O) groups excluding carboxylic acids is 2. The van der Waals surface area contributed by atoms with Gasteiger partial charge in [-0.25, -0.2) is 9.59 Å². The van der Waals surface area contributed by atoms with Crippen molar-refractivity contribution in [3.05, 3.63) is 27.5 Å². The summed E-state index contributed by atoms with van der Waals surface area (Å²) in [4.78, 5) is 25.3. The van der Waals surface area contributed by atoms with Gasteiger partial charge < -0.3 is 14.6 Å². The molecule has 1 aromatic rings. The van der Waals surface area contributed by atoms with E-state index < -0.39 is 11.9 Å². The quantitative estimate of drug-likeness (QED) is 0.351. The first-order valence-corrected chi connectivity index (χ1v) is 9.11.